The van der Waals surface area contributed by atoms with Gasteiger partial charge >= 0.3 is 0 Å². The summed E-state index contributed by atoms with van der Waals surface area (Å²) in [6.45, 7) is 1.96. The van der Waals surface area contributed by atoms with Gasteiger partial charge in [0.2, 0.25) is 5.88 Å². The largest absolute Gasteiger partial charge is 0.475 e. The van der Waals surface area contributed by atoms with Gasteiger partial charge < -0.3 is 15.2 Å². The highest BCUT2D eigenvalue weighted by Gasteiger charge is 2.14. The van der Waals surface area contributed by atoms with Gasteiger partial charge in [0.1, 0.15) is 6.61 Å². The Bertz CT molecular complexity index is 307. The molecule has 1 aromatic heterocycles. The lowest BCUT2D eigenvalue weighted by atomic mass is 10.1. The van der Waals surface area contributed by atoms with E-state index < -0.39 is 0 Å². The smallest absolute Gasteiger partial charge is 0.213 e. The molecule has 1 fully saturated rings. The zero-order chi connectivity index (χ0) is 11.2. The van der Waals surface area contributed by atoms with E-state index in [4.69, 9.17) is 15.2 Å². The summed E-state index contributed by atoms with van der Waals surface area (Å²) in [5.41, 5.74) is 6.51. The Labute approximate surface area is 95.8 Å². The molecule has 4 nitrogen and oxygen atoms in total. The molecule has 88 valence electrons. The Balaban J connectivity index is 1.79. The molecule has 1 aliphatic rings. The summed E-state index contributed by atoms with van der Waals surface area (Å²) < 4.78 is 11.1. The number of nitrogens with two attached hydrogens (primary N) is 1. The molecule has 2 rings (SSSR count). The number of hydrogen-bond acceptors (Lipinski definition) is 4. The van der Waals surface area contributed by atoms with Crippen molar-refractivity contribution in [1.82, 2.24) is 4.98 Å². The van der Waals surface area contributed by atoms with Gasteiger partial charge in [-0.15, -0.1) is 0 Å². The monoisotopic (exact) mass is 222 g/mol. The van der Waals surface area contributed by atoms with Gasteiger partial charge in [-0.25, -0.2) is 4.98 Å². The summed E-state index contributed by atoms with van der Waals surface area (Å²) >= 11 is 0. The molecule has 0 radical (unpaired) electrons. The first-order valence-electron chi connectivity index (χ1n) is 5.78. The molecule has 1 saturated heterocycles. The first kappa shape index (κ1) is 11.4. The minimum Gasteiger partial charge on any atom is -0.475 e. The number of nitrogens with zero attached hydrogens (tertiary/aromatic N) is 1. The van der Waals surface area contributed by atoms with Crippen molar-refractivity contribution in [2.75, 3.05) is 13.2 Å². The fourth-order valence-corrected chi connectivity index (χ4v) is 1.73. The maximum Gasteiger partial charge on any atom is 0.213 e. The van der Waals surface area contributed by atoms with Crippen LogP contribution in [0.4, 0.5) is 0 Å². The third kappa shape index (κ3) is 3.18. The van der Waals surface area contributed by atoms with E-state index in [-0.39, 0.29) is 6.10 Å². The summed E-state index contributed by atoms with van der Waals surface area (Å²) in [4.78, 5) is 4.18. The van der Waals surface area contributed by atoms with E-state index >= 15 is 0 Å². The highest BCUT2D eigenvalue weighted by molar-refractivity contribution is 5.17. The van der Waals surface area contributed by atoms with Crippen molar-refractivity contribution >= 4 is 0 Å². The molecule has 0 aliphatic carbocycles. The third-order valence-corrected chi connectivity index (χ3v) is 2.72. The second kappa shape index (κ2) is 5.82. The quantitative estimate of drug-likeness (QED) is 0.838. The van der Waals surface area contributed by atoms with Crippen LogP contribution in [0.2, 0.25) is 0 Å². The Kier molecular flexibility index (Phi) is 4.13. The average molecular weight is 222 g/mol. The van der Waals surface area contributed by atoms with Gasteiger partial charge in [-0.2, -0.15) is 0 Å². The minimum atomic E-state index is 0.227. The molecule has 0 bridgehead atoms. The van der Waals surface area contributed by atoms with Crippen molar-refractivity contribution in [2.24, 2.45) is 5.73 Å². The van der Waals surface area contributed by atoms with E-state index in [0.717, 1.165) is 18.6 Å². The van der Waals surface area contributed by atoms with Gasteiger partial charge in [-0.1, -0.05) is 6.07 Å². The van der Waals surface area contributed by atoms with E-state index in [2.05, 4.69) is 4.98 Å². The van der Waals surface area contributed by atoms with Crippen LogP contribution in [0, 0.1) is 0 Å². The van der Waals surface area contributed by atoms with Crippen LogP contribution < -0.4 is 10.5 Å². The predicted octanol–water partition coefficient (Wildman–Crippen LogP) is 1.49. The van der Waals surface area contributed by atoms with Crippen LogP contribution in [0.3, 0.4) is 0 Å². The van der Waals surface area contributed by atoms with Crippen molar-refractivity contribution < 1.29 is 9.47 Å². The molecule has 0 aromatic carbocycles. The summed E-state index contributed by atoms with van der Waals surface area (Å²) in [7, 11) is 0. The summed E-state index contributed by atoms with van der Waals surface area (Å²) in [6, 6.07) is 3.79. The van der Waals surface area contributed by atoms with Crippen LogP contribution >= 0.6 is 0 Å². The van der Waals surface area contributed by atoms with Crippen LogP contribution in [0.1, 0.15) is 24.8 Å². The van der Waals surface area contributed by atoms with Crippen LogP contribution in [0.25, 0.3) is 0 Å². The van der Waals surface area contributed by atoms with E-state index in [1.807, 2.05) is 12.1 Å². The lowest BCUT2D eigenvalue weighted by molar-refractivity contribution is -0.0119. The maximum absolute atomic E-state index is 5.57. The van der Waals surface area contributed by atoms with Gasteiger partial charge in [0.05, 0.1) is 6.10 Å². The minimum absolute atomic E-state index is 0.227. The fraction of sp³-hybridized carbons (Fsp3) is 0.583. The molecular weight excluding hydrogens is 204 g/mol. The molecule has 2 heterocycles. The van der Waals surface area contributed by atoms with Gasteiger partial charge in [-0.05, 0) is 24.8 Å². The zero-order valence-corrected chi connectivity index (χ0v) is 9.39. The van der Waals surface area contributed by atoms with Crippen molar-refractivity contribution in [3.05, 3.63) is 23.9 Å². The fourth-order valence-electron chi connectivity index (χ4n) is 1.73. The Morgan fingerprint density at radius 3 is 3.00 bits per heavy atom. The van der Waals surface area contributed by atoms with E-state index in [9.17, 15) is 0 Å². The van der Waals surface area contributed by atoms with Crippen LogP contribution in [-0.4, -0.2) is 24.3 Å². The van der Waals surface area contributed by atoms with Crippen LogP contribution in [0.15, 0.2) is 18.3 Å². The summed E-state index contributed by atoms with van der Waals surface area (Å²) in [5.74, 6) is 0.645. The second-order valence-corrected chi connectivity index (χ2v) is 4.01. The maximum atomic E-state index is 5.57. The van der Waals surface area contributed by atoms with E-state index in [1.165, 1.54) is 12.8 Å². The van der Waals surface area contributed by atoms with Crippen molar-refractivity contribution in [3.63, 3.8) is 0 Å². The Morgan fingerprint density at radius 2 is 2.38 bits per heavy atom. The van der Waals surface area contributed by atoms with E-state index in [0.29, 0.717) is 19.0 Å². The molecule has 1 atom stereocenters. The number of aromatic nitrogens is 1. The van der Waals surface area contributed by atoms with E-state index in [1.54, 1.807) is 6.20 Å². The molecule has 0 saturated carbocycles. The zero-order valence-electron chi connectivity index (χ0n) is 9.39. The molecule has 16 heavy (non-hydrogen) atoms. The first-order chi connectivity index (χ1) is 7.88. The molecule has 1 unspecified atom stereocenters. The summed E-state index contributed by atoms with van der Waals surface area (Å²) in [6.07, 6.45) is 5.45. The van der Waals surface area contributed by atoms with Crippen LogP contribution in [-0.2, 0) is 11.3 Å². The molecular formula is C12H18N2O2. The van der Waals surface area contributed by atoms with Gasteiger partial charge in [0.25, 0.3) is 0 Å². The topological polar surface area (TPSA) is 57.4 Å². The molecule has 4 heteroatoms. The number of hydrogen-bond donors (Lipinski definition) is 1. The molecule has 1 aromatic rings. The lowest BCUT2D eigenvalue weighted by Gasteiger charge is -2.22. The highest BCUT2D eigenvalue weighted by Crippen LogP contribution is 2.14. The molecule has 0 spiro atoms. The SMILES string of the molecule is NCc1ccc(OCC2CCCCO2)nc1. The Hall–Kier alpha value is -1.13. The van der Waals surface area contributed by atoms with Gasteiger partial charge in [-0.3, -0.25) is 0 Å². The second-order valence-electron chi connectivity index (χ2n) is 4.01. The van der Waals surface area contributed by atoms with Crippen molar-refractivity contribution in [3.8, 4) is 5.88 Å². The molecule has 0 amide bonds. The van der Waals surface area contributed by atoms with Crippen LogP contribution in [0.5, 0.6) is 5.88 Å². The number of pyridine rings is 1. The standard InChI is InChI=1S/C12H18N2O2/c13-7-10-4-5-12(14-8-10)16-9-11-3-1-2-6-15-11/h4-5,8,11H,1-3,6-7,9,13H2. The van der Waals surface area contributed by atoms with Crippen molar-refractivity contribution in [2.45, 2.75) is 31.9 Å². The highest BCUT2D eigenvalue weighted by atomic mass is 16.5. The first-order valence-corrected chi connectivity index (χ1v) is 5.78. The predicted molar refractivity (Wildman–Crippen MR) is 61.2 cm³/mol. The number of ether oxygens (including phenoxy) is 2. The van der Waals surface area contributed by atoms with Gasteiger partial charge in [0, 0.05) is 25.4 Å². The summed E-state index contributed by atoms with van der Waals surface area (Å²) in [5, 5.41) is 0. The van der Waals surface area contributed by atoms with Crippen molar-refractivity contribution in [1.29, 1.82) is 0 Å². The number of rotatable bonds is 4. The lowest BCUT2D eigenvalue weighted by Crippen LogP contribution is -2.25. The molecule has 1 aliphatic heterocycles. The molecule has 2 N–H and O–H groups in total. The average Bonchev–Trinajstić information content (AvgIpc) is 2.38. The normalized spacial score (nSPS) is 20.7. The van der Waals surface area contributed by atoms with Gasteiger partial charge in [0.15, 0.2) is 0 Å². The Morgan fingerprint density at radius 1 is 1.44 bits per heavy atom. The third-order valence-electron chi connectivity index (χ3n) is 2.72.